The zero-order valence-corrected chi connectivity index (χ0v) is 26.1. The van der Waals surface area contributed by atoms with Crippen LogP contribution in [0.3, 0.4) is 0 Å². The molecule has 0 fully saturated rings. The molecular weight excluding hydrogens is 540 g/mol. The zero-order valence-electron chi connectivity index (χ0n) is 26.1. The highest BCUT2D eigenvalue weighted by molar-refractivity contribution is 5.98. The summed E-state index contributed by atoms with van der Waals surface area (Å²) in [5.74, 6) is 0.876. The van der Waals surface area contributed by atoms with Crippen molar-refractivity contribution in [2.75, 3.05) is 0 Å². The van der Waals surface area contributed by atoms with Crippen LogP contribution >= 0.6 is 0 Å². The molecule has 44 heavy (non-hydrogen) atoms. The molecule has 0 saturated carbocycles. The van der Waals surface area contributed by atoms with Gasteiger partial charge in [0.05, 0.1) is 33.9 Å². The largest absolute Gasteiger partial charge is 0.507 e. The van der Waals surface area contributed by atoms with Gasteiger partial charge in [0.2, 0.25) is 0 Å². The Balaban J connectivity index is 1.70. The Morgan fingerprint density at radius 2 is 1.48 bits per heavy atom. The maximum Gasteiger partial charge on any atom is 0.149 e. The number of phenolic OH excluding ortho intramolecular Hbond substituents is 1. The number of rotatable bonds is 4. The van der Waals surface area contributed by atoms with Gasteiger partial charge in [0.25, 0.3) is 0 Å². The Morgan fingerprint density at radius 1 is 0.727 bits per heavy atom. The Morgan fingerprint density at radius 3 is 2.14 bits per heavy atom. The second kappa shape index (κ2) is 10.8. The fourth-order valence-electron chi connectivity index (χ4n) is 5.70. The molecule has 5 nitrogen and oxygen atoms in total. The molecule has 218 valence electrons. The van der Waals surface area contributed by atoms with E-state index in [1.165, 1.54) is 0 Å². The van der Waals surface area contributed by atoms with E-state index in [1.54, 1.807) is 6.20 Å². The van der Waals surface area contributed by atoms with Gasteiger partial charge in [-0.25, -0.2) is 4.98 Å². The average Bonchev–Trinajstić information content (AvgIpc) is 3.40. The Bertz CT molecular complexity index is 2040. The van der Waals surface area contributed by atoms with Gasteiger partial charge in [-0.1, -0.05) is 90.1 Å². The predicted octanol–water partition coefficient (Wildman–Crippen LogP) is 9.59. The van der Waals surface area contributed by atoms with Crippen molar-refractivity contribution in [1.82, 2.24) is 14.5 Å². The molecular formula is C39H36N4O. The molecule has 0 unspecified atom stereocenters. The van der Waals surface area contributed by atoms with Gasteiger partial charge < -0.3 is 5.11 Å². The second-order valence-corrected chi connectivity index (χ2v) is 13.3. The van der Waals surface area contributed by atoms with E-state index in [2.05, 4.69) is 81.4 Å². The van der Waals surface area contributed by atoms with Crippen molar-refractivity contribution in [1.29, 1.82) is 5.26 Å². The highest BCUT2D eigenvalue weighted by Crippen LogP contribution is 2.44. The number of pyridine rings is 1. The van der Waals surface area contributed by atoms with Crippen LogP contribution in [0, 0.1) is 11.3 Å². The fraction of sp³-hybridized carbons (Fsp3) is 0.205. The number of benzene rings is 4. The minimum atomic E-state index is -0.289. The quantitative estimate of drug-likeness (QED) is 0.227. The number of hydrogen-bond acceptors (Lipinski definition) is 4. The number of nitrogens with zero attached hydrogens (tertiary/aromatic N) is 4. The predicted molar refractivity (Wildman–Crippen MR) is 179 cm³/mol. The van der Waals surface area contributed by atoms with E-state index >= 15 is 0 Å². The molecule has 6 aromatic rings. The van der Waals surface area contributed by atoms with Crippen LogP contribution in [0.15, 0.2) is 103 Å². The van der Waals surface area contributed by atoms with Crippen molar-refractivity contribution >= 4 is 11.0 Å². The normalized spacial score (nSPS) is 11.9. The lowest BCUT2D eigenvalue weighted by Gasteiger charge is -2.27. The Hall–Kier alpha value is -5.21. The summed E-state index contributed by atoms with van der Waals surface area (Å²) in [5, 5.41) is 22.0. The molecule has 6 rings (SSSR count). The van der Waals surface area contributed by atoms with Crippen LogP contribution in [0.4, 0.5) is 0 Å². The number of aromatic nitrogens is 3. The van der Waals surface area contributed by atoms with Crippen molar-refractivity contribution < 1.29 is 5.11 Å². The third kappa shape index (κ3) is 5.14. The van der Waals surface area contributed by atoms with Crippen LogP contribution in [0.1, 0.15) is 58.2 Å². The number of nitriles is 1. The summed E-state index contributed by atoms with van der Waals surface area (Å²) in [5.41, 5.74) is 8.74. The first-order valence-electron chi connectivity index (χ1n) is 14.9. The molecule has 2 aromatic heterocycles. The maximum absolute atomic E-state index is 11.9. The summed E-state index contributed by atoms with van der Waals surface area (Å²) in [4.78, 5) is 9.83. The van der Waals surface area contributed by atoms with Gasteiger partial charge in [-0.2, -0.15) is 5.26 Å². The molecule has 0 bridgehead atoms. The molecule has 0 atom stereocenters. The molecule has 0 radical (unpaired) electrons. The molecule has 0 amide bonds. The van der Waals surface area contributed by atoms with Gasteiger partial charge in [-0.05, 0) is 64.9 Å². The van der Waals surface area contributed by atoms with Crippen molar-refractivity contribution in [2.45, 2.75) is 52.4 Å². The van der Waals surface area contributed by atoms with Crippen LogP contribution in [-0.4, -0.2) is 19.6 Å². The molecule has 0 spiro atoms. The molecule has 0 aliphatic carbocycles. The van der Waals surface area contributed by atoms with Crippen LogP contribution in [0.5, 0.6) is 5.75 Å². The Kier molecular flexibility index (Phi) is 7.10. The highest BCUT2D eigenvalue weighted by Gasteiger charge is 2.28. The minimum Gasteiger partial charge on any atom is -0.507 e. The first-order valence-corrected chi connectivity index (χ1v) is 14.9. The standard InChI is InChI=1S/C39H36N4O/c1-38(2,3)27-22-31(36(44)32(23-27)39(4,5)6)37-42-35-29(15-12-17-34(35)43(37)28-13-8-7-9-14-28)30-21-25(18-19-26(30)24-40)33-16-10-11-20-41-33/h7-23,44H,1-6H3. The number of para-hydroxylation sites is 2. The van der Waals surface area contributed by atoms with Gasteiger partial charge in [0, 0.05) is 34.1 Å². The first-order chi connectivity index (χ1) is 21.0. The summed E-state index contributed by atoms with van der Waals surface area (Å²) in [6, 6.07) is 34.4. The van der Waals surface area contributed by atoms with E-state index in [0.29, 0.717) is 17.0 Å². The zero-order chi connectivity index (χ0) is 31.2. The minimum absolute atomic E-state index is 0.148. The SMILES string of the molecule is CC(C)(C)c1cc(-c2nc3c(-c4cc(-c5ccccn5)ccc4C#N)cccc3n2-c2ccccc2)c(O)c(C(C)(C)C)c1. The van der Waals surface area contributed by atoms with Crippen LogP contribution < -0.4 is 0 Å². The van der Waals surface area contributed by atoms with Crippen molar-refractivity contribution in [2.24, 2.45) is 0 Å². The van der Waals surface area contributed by atoms with E-state index in [-0.39, 0.29) is 16.6 Å². The molecule has 0 aliphatic rings. The smallest absolute Gasteiger partial charge is 0.149 e. The maximum atomic E-state index is 11.9. The molecule has 2 heterocycles. The van der Waals surface area contributed by atoms with E-state index in [0.717, 1.165) is 50.2 Å². The first kappa shape index (κ1) is 28.9. The van der Waals surface area contributed by atoms with E-state index in [9.17, 15) is 10.4 Å². The van der Waals surface area contributed by atoms with Crippen LogP contribution in [0.2, 0.25) is 0 Å². The highest BCUT2D eigenvalue weighted by atomic mass is 16.3. The number of fused-ring (bicyclic) bond motifs is 1. The summed E-state index contributed by atoms with van der Waals surface area (Å²) in [6.45, 7) is 12.9. The summed E-state index contributed by atoms with van der Waals surface area (Å²) in [7, 11) is 0. The van der Waals surface area contributed by atoms with Gasteiger partial charge in [0.15, 0.2) is 0 Å². The summed E-state index contributed by atoms with van der Waals surface area (Å²) >= 11 is 0. The monoisotopic (exact) mass is 576 g/mol. The average molecular weight is 577 g/mol. The van der Waals surface area contributed by atoms with E-state index in [4.69, 9.17) is 4.98 Å². The van der Waals surface area contributed by atoms with Gasteiger partial charge in [-0.3, -0.25) is 9.55 Å². The van der Waals surface area contributed by atoms with Gasteiger partial charge in [0.1, 0.15) is 11.6 Å². The number of imidazole rings is 1. The lowest BCUT2D eigenvalue weighted by atomic mass is 9.79. The van der Waals surface area contributed by atoms with Crippen molar-refractivity contribution in [3.05, 3.63) is 120 Å². The van der Waals surface area contributed by atoms with E-state index in [1.807, 2.05) is 72.8 Å². The molecule has 1 N–H and O–H groups in total. The van der Waals surface area contributed by atoms with Gasteiger partial charge in [-0.15, -0.1) is 0 Å². The topological polar surface area (TPSA) is 74.7 Å². The number of hydrogen-bond donors (Lipinski definition) is 1. The summed E-state index contributed by atoms with van der Waals surface area (Å²) in [6.07, 6.45) is 1.77. The van der Waals surface area contributed by atoms with E-state index < -0.39 is 0 Å². The van der Waals surface area contributed by atoms with Gasteiger partial charge >= 0.3 is 0 Å². The second-order valence-electron chi connectivity index (χ2n) is 13.3. The fourth-order valence-corrected chi connectivity index (χ4v) is 5.70. The van der Waals surface area contributed by atoms with Crippen molar-refractivity contribution in [3.8, 4) is 51.3 Å². The molecule has 0 saturated heterocycles. The van der Waals surface area contributed by atoms with Crippen LogP contribution in [-0.2, 0) is 10.8 Å². The van der Waals surface area contributed by atoms with Crippen molar-refractivity contribution in [3.63, 3.8) is 0 Å². The third-order valence-electron chi connectivity index (χ3n) is 8.12. The van der Waals surface area contributed by atoms with Crippen LogP contribution in [0.25, 0.3) is 50.5 Å². The molecule has 0 aliphatic heterocycles. The Labute approximate surface area is 259 Å². The number of phenols is 1. The lowest BCUT2D eigenvalue weighted by Crippen LogP contribution is -2.17. The molecule has 5 heteroatoms. The molecule has 4 aromatic carbocycles. The lowest BCUT2D eigenvalue weighted by molar-refractivity contribution is 0.446. The summed E-state index contributed by atoms with van der Waals surface area (Å²) < 4.78 is 2.11. The third-order valence-corrected chi connectivity index (χ3v) is 8.12. The number of aromatic hydroxyl groups is 1.